The van der Waals surface area contributed by atoms with Crippen LogP contribution in [-0.2, 0) is 18.2 Å². The Hall–Kier alpha value is -2.41. The van der Waals surface area contributed by atoms with Crippen molar-refractivity contribution in [2.45, 2.75) is 45.1 Å². The van der Waals surface area contributed by atoms with Crippen LogP contribution in [-0.4, -0.2) is 46.6 Å². The number of urea groups is 1. The molecule has 1 fully saturated rings. The number of carbonyl (C=O) groups is 1. The molecule has 7 heteroatoms. The summed E-state index contributed by atoms with van der Waals surface area (Å²) in [4.78, 5) is 19.8. The molecule has 4 heterocycles. The van der Waals surface area contributed by atoms with E-state index in [9.17, 15) is 4.79 Å². The van der Waals surface area contributed by atoms with Crippen LogP contribution in [0.1, 0.15) is 38.2 Å². The van der Waals surface area contributed by atoms with Crippen molar-refractivity contribution in [2.24, 2.45) is 13.0 Å². The molecule has 0 spiro atoms. The molecule has 0 saturated carbocycles. The summed E-state index contributed by atoms with van der Waals surface area (Å²) in [5, 5.41) is 7.49. The smallest absolute Gasteiger partial charge is 0.323 e. The Morgan fingerprint density at radius 3 is 3.00 bits per heavy atom. The fourth-order valence-electron chi connectivity index (χ4n) is 4.22. The lowest BCUT2D eigenvalue weighted by atomic mass is 9.92. The van der Waals surface area contributed by atoms with Gasteiger partial charge in [-0.05, 0) is 43.7 Å². The normalized spacial score (nSPS) is 20.5. The molecule has 2 aliphatic rings. The fraction of sp³-hybridized carbons (Fsp3) is 0.571. The molecular weight excluding hydrogens is 354 g/mol. The van der Waals surface area contributed by atoms with E-state index >= 15 is 0 Å². The SMILES string of the molecule is CCC(NC(=O)N1CCCc2ccc(-c3cnn(C)c3)nc21)C1CCCOC1. The third-order valence-electron chi connectivity index (χ3n) is 5.80. The summed E-state index contributed by atoms with van der Waals surface area (Å²) in [6.07, 6.45) is 8.74. The molecule has 2 atom stereocenters. The second-order valence-corrected chi connectivity index (χ2v) is 7.78. The van der Waals surface area contributed by atoms with Crippen molar-refractivity contribution in [3.63, 3.8) is 0 Å². The highest BCUT2D eigenvalue weighted by molar-refractivity contribution is 5.92. The van der Waals surface area contributed by atoms with Gasteiger partial charge >= 0.3 is 6.03 Å². The second kappa shape index (κ2) is 8.31. The maximum absolute atomic E-state index is 13.1. The third kappa shape index (κ3) is 3.90. The van der Waals surface area contributed by atoms with Crippen LogP contribution in [0.3, 0.4) is 0 Å². The first-order valence-corrected chi connectivity index (χ1v) is 10.3. The maximum atomic E-state index is 13.1. The van der Waals surface area contributed by atoms with E-state index in [-0.39, 0.29) is 12.1 Å². The number of fused-ring (bicyclic) bond motifs is 1. The van der Waals surface area contributed by atoms with Crippen molar-refractivity contribution >= 4 is 11.8 Å². The summed E-state index contributed by atoms with van der Waals surface area (Å²) in [5.41, 5.74) is 2.93. The number of pyridine rings is 1. The molecule has 150 valence electrons. The van der Waals surface area contributed by atoms with Gasteiger partial charge in [-0.2, -0.15) is 5.10 Å². The van der Waals surface area contributed by atoms with Gasteiger partial charge in [0.05, 0.1) is 18.5 Å². The number of nitrogens with zero attached hydrogens (tertiary/aromatic N) is 4. The number of amides is 2. The Morgan fingerprint density at radius 2 is 2.29 bits per heavy atom. The van der Waals surface area contributed by atoms with E-state index < -0.39 is 0 Å². The lowest BCUT2D eigenvalue weighted by Gasteiger charge is -2.34. The first kappa shape index (κ1) is 18.9. The summed E-state index contributed by atoms with van der Waals surface area (Å²) < 4.78 is 7.39. The van der Waals surface area contributed by atoms with E-state index in [1.165, 1.54) is 0 Å². The van der Waals surface area contributed by atoms with Crippen LogP contribution in [0.2, 0.25) is 0 Å². The van der Waals surface area contributed by atoms with Gasteiger partial charge in [0.25, 0.3) is 0 Å². The minimum Gasteiger partial charge on any atom is -0.381 e. The van der Waals surface area contributed by atoms with Crippen LogP contribution < -0.4 is 10.2 Å². The molecule has 0 bridgehead atoms. The van der Waals surface area contributed by atoms with Crippen molar-refractivity contribution in [1.82, 2.24) is 20.1 Å². The predicted octanol–water partition coefficient (Wildman–Crippen LogP) is 3.15. The first-order valence-electron chi connectivity index (χ1n) is 10.3. The van der Waals surface area contributed by atoms with Crippen LogP contribution in [0.15, 0.2) is 24.5 Å². The molecule has 1 saturated heterocycles. The van der Waals surface area contributed by atoms with Crippen LogP contribution in [0.25, 0.3) is 11.3 Å². The maximum Gasteiger partial charge on any atom is 0.323 e. The Balaban J connectivity index is 1.54. The molecular formula is C21H29N5O2. The third-order valence-corrected chi connectivity index (χ3v) is 5.80. The molecule has 4 rings (SSSR count). The van der Waals surface area contributed by atoms with Crippen LogP contribution >= 0.6 is 0 Å². The quantitative estimate of drug-likeness (QED) is 0.880. The number of nitrogens with one attached hydrogen (secondary N) is 1. The summed E-state index contributed by atoms with van der Waals surface area (Å²) in [5.74, 6) is 1.17. The highest BCUT2D eigenvalue weighted by Gasteiger charge is 2.29. The average Bonchev–Trinajstić information content (AvgIpc) is 3.18. The number of anilines is 1. The highest BCUT2D eigenvalue weighted by Crippen LogP contribution is 2.29. The fourth-order valence-corrected chi connectivity index (χ4v) is 4.22. The van der Waals surface area contributed by atoms with Gasteiger partial charge in [-0.15, -0.1) is 0 Å². The molecule has 2 amide bonds. The number of aryl methyl sites for hydroxylation is 2. The van der Waals surface area contributed by atoms with E-state index in [0.717, 1.165) is 68.0 Å². The minimum atomic E-state index is -0.0470. The Morgan fingerprint density at radius 1 is 1.39 bits per heavy atom. The number of ether oxygens (including phenoxy) is 1. The van der Waals surface area contributed by atoms with Gasteiger partial charge in [0.2, 0.25) is 0 Å². The molecule has 28 heavy (non-hydrogen) atoms. The number of carbonyl (C=O) groups excluding carboxylic acids is 1. The number of aromatic nitrogens is 3. The topological polar surface area (TPSA) is 72.3 Å². The van der Waals surface area contributed by atoms with E-state index in [1.54, 1.807) is 10.9 Å². The van der Waals surface area contributed by atoms with Crippen molar-refractivity contribution in [3.05, 3.63) is 30.1 Å². The molecule has 2 aromatic heterocycles. The molecule has 0 aliphatic carbocycles. The molecule has 2 aromatic rings. The van der Waals surface area contributed by atoms with E-state index in [4.69, 9.17) is 9.72 Å². The van der Waals surface area contributed by atoms with Crippen LogP contribution in [0.4, 0.5) is 10.6 Å². The monoisotopic (exact) mass is 383 g/mol. The van der Waals surface area contributed by atoms with Crippen molar-refractivity contribution in [2.75, 3.05) is 24.7 Å². The summed E-state index contributed by atoms with van der Waals surface area (Å²) in [6.45, 7) is 4.39. The summed E-state index contributed by atoms with van der Waals surface area (Å²) in [7, 11) is 1.89. The van der Waals surface area contributed by atoms with Gasteiger partial charge < -0.3 is 10.1 Å². The lowest BCUT2D eigenvalue weighted by Crippen LogP contribution is -2.50. The predicted molar refractivity (Wildman–Crippen MR) is 108 cm³/mol. The second-order valence-electron chi connectivity index (χ2n) is 7.78. The largest absolute Gasteiger partial charge is 0.381 e. The molecule has 2 aliphatic heterocycles. The zero-order chi connectivity index (χ0) is 19.5. The molecule has 1 N–H and O–H groups in total. The highest BCUT2D eigenvalue weighted by atomic mass is 16.5. The van der Waals surface area contributed by atoms with Gasteiger partial charge in [0.1, 0.15) is 5.82 Å². The Labute approximate surface area is 166 Å². The van der Waals surface area contributed by atoms with Gasteiger partial charge in [0.15, 0.2) is 0 Å². The molecule has 2 unspecified atom stereocenters. The Kier molecular flexibility index (Phi) is 5.62. The minimum absolute atomic E-state index is 0.0470. The van der Waals surface area contributed by atoms with Crippen molar-refractivity contribution < 1.29 is 9.53 Å². The summed E-state index contributed by atoms with van der Waals surface area (Å²) in [6, 6.07) is 4.20. The van der Waals surface area contributed by atoms with Gasteiger partial charge in [-0.3, -0.25) is 9.58 Å². The van der Waals surface area contributed by atoms with Crippen molar-refractivity contribution in [3.8, 4) is 11.3 Å². The van der Waals surface area contributed by atoms with Gasteiger partial charge in [-0.25, -0.2) is 9.78 Å². The van der Waals surface area contributed by atoms with Gasteiger partial charge in [0, 0.05) is 43.9 Å². The standard InChI is InChI=1S/C21H29N5O2/c1-3-18(16-7-5-11-28-14-16)24-21(27)26-10-4-6-15-8-9-19(23-20(15)26)17-12-22-25(2)13-17/h8-9,12-13,16,18H,3-7,10-11,14H2,1-2H3,(H,24,27). The number of rotatable bonds is 4. The number of hydrogen-bond acceptors (Lipinski definition) is 4. The summed E-state index contributed by atoms with van der Waals surface area (Å²) >= 11 is 0. The molecule has 0 aromatic carbocycles. The van der Waals surface area contributed by atoms with Crippen molar-refractivity contribution in [1.29, 1.82) is 0 Å². The van der Waals surface area contributed by atoms with Crippen LogP contribution in [0.5, 0.6) is 0 Å². The molecule has 0 radical (unpaired) electrons. The van der Waals surface area contributed by atoms with E-state index in [1.807, 2.05) is 24.2 Å². The Bertz CT molecular complexity index is 828. The average molecular weight is 383 g/mol. The number of hydrogen-bond donors (Lipinski definition) is 1. The zero-order valence-electron chi connectivity index (χ0n) is 16.7. The van der Waals surface area contributed by atoms with E-state index in [2.05, 4.69) is 23.4 Å². The molecule has 7 nitrogen and oxygen atoms in total. The zero-order valence-corrected chi connectivity index (χ0v) is 16.7. The van der Waals surface area contributed by atoms with Gasteiger partial charge in [-0.1, -0.05) is 13.0 Å². The van der Waals surface area contributed by atoms with Crippen LogP contribution in [0, 0.1) is 5.92 Å². The first-order chi connectivity index (χ1) is 13.7. The lowest BCUT2D eigenvalue weighted by molar-refractivity contribution is 0.0404. The van der Waals surface area contributed by atoms with E-state index in [0.29, 0.717) is 12.5 Å².